The lowest BCUT2D eigenvalue weighted by atomic mass is 10.2. The molecule has 4 aromatic rings. The Hall–Kier alpha value is -4.08. The third-order valence-corrected chi connectivity index (χ3v) is 5.08. The Balaban J connectivity index is 1.40. The van der Waals surface area contributed by atoms with Gasteiger partial charge in [0.1, 0.15) is 5.82 Å². The molecule has 0 spiro atoms. The number of non-ortho nitro benzene ring substituents is 1. The van der Waals surface area contributed by atoms with Crippen LogP contribution in [0.25, 0.3) is 16.7 Å². The SMILES string of the molecule is Cc1c(C(=O)NCCCn2c(C)nc3ccccc32)nnn1-c1cccc([N+](=O)[O-])c1. The molecule has 1 amide bonds. The maximum Gasteiger partial charge on any atom is 0.273 e. The lowest BCUT2D eigenvalue weighted by Gasteiger charge is -2.08. The zero-order chi connectivity index (χ0) is 22.0. The van der Waals surface area contributed by atoms with Gasteiger partial charge in [-0.3, -0.25) is 14.9 Å². The Morgan fingerprint density at radius 3 is 2.77 bits per heavy atom. The molecule has 0 aliphatic rings. The molecule has 0 bridgehead atoms. The average Bonchev–Trinajstić information content (AvgIpc) is 3.30. The molecule has 0 aliphatic carbocycles. The van der Waals surface area contributed by atoms with E-state index in [1.54, 1.807) is 19.1 Å². The molecule has 1 N–H and O–H groups in total. The highest BCUT2D eigenvalue weighted by atomic mass is 16.6. The summed E-state index contributed by atoms with van der Waals surface area (Å²) < 4.78 is 3.55. The van der Waals surface area contributed by atoms with Crippen molar-refractivity contribution in [3.63, 3.8) is 0 Å². The minimum Gasteiger partial charge on any atom is -0.351 e. The number of carbonyl (C=O) groups is 1. The Kier molecular flexibility index (Phi) is 5.44. The van der Waals surface area contributed by atoms with Crippen molar-refractivity contribution in [3.05, 3.63) is 75.9 Å². The third-order valence-electron chi connectivity index (χ3n) is 5.08. The summed E-state index contributed by atoms with van der Waals surface area (Å²) in [6.07, 6.45) is 0.727. The largest absolute Gasteiger partial charge is 0.351 e. The Morgan fingerprint density at radius 2 is 1.97 bits per heavy atom. The minimum absolute atomic E-state index is 0.0549. The van der Waals surface area contributed by atoms with Gasteiger partial charge in [0.15, 0.2) is 5.69 Å². The normalized spacial score (nSPS) is 11.0. The number of para-hydroxylation sites is 2. The lowest BCUT2D eigenvalue weighted by molar-refractivity contribution is -0.384. The molecule has 4 rings (SSSR count). The number of carbonyl (C=O) groups excluding carboxylic acids is 1. The summed E-state index contributed by atoms with van der Waals surface area (Å²) in [5.41, 5.74) is 3.14. The highest BCUT2D eigenvalue weighted by molar-refractivity contribution is 5.93. The maximum absolute atomic E-state index is 12.6. The number of nitrogens with zero attached hydrogens (tertiary/aromatic N) is 6. The van der Waals surface area contributed by atoms with Gasteiger partial charge in [-0.05, 0) is 38.5 Å². The summed E-state index contributed by atoms with van der Waals surface area (Å²) >= 11 is 0. The molecule has 31 heavy (non-hydrogen) atoms. The van der Waals surface area contributed by atoms with Crippen molar-refractivity contribution in [2.75, 3.05) is 6.54 Å². The fourth-order valence-electron chi connectivity index (χ4n) is 3.52. The first-order chi connectivity index (χ1) is 15.0. The number of imidazole rings is 1. The first-order valence-corrected chi connectivity index (χ1v) is 9.83. The summed E-state index contributed by atoms with van der Waals surface area (Å²) in [4.78, 5) is 27.6. The fourth-order valence-corrected chi connectivity index (χ4v) is 3.52. The van der Waals surface area contributed by atoms with Gasteiger partial charge in [-0.2, -0.15) is 0 Å². The minimum atomic E-state index is -0.478. The van der Waals surface area contributed by atoms with Crippen LogP contribution in [0.15, 0.2) is 48.5 Å². The average molecular weight is 419 g/mol. The second kappa shape index (κ2) is 8.34. The van der Waals surface area contributed by atoms with E-state index in [0.717, 1.165) is 29.8 Å². The van der Waals surface area contributed by atoms with Crippen molar-refractivity contribution in [1.82, 2.24) is 29.9 Å². The van der Waals surface area contributed by atoms with Crippen LogP contribution >= 0.6 is 0 Å². The predicted molar refractivity (Wildman–Crippen MR) is 114 cm³/mol. The highest BCUT2D eigenvalue weighted by Gasteiger charge is 2.18. The van der Waals surface area contributed by atoms with Gasteiger partial charge in [0.05, 0.1) is 27.3 Å². The molecule has 0 saturated carbocycles. The zero-order valence-corrected chi connectivity index (χ0v) is 17.1. The molecular formula is C21H21N7O3. The van der Waals surface area contributed by atoms with Gasteiger partial charge < -0.3 is 9.88 Å². The standard InChI is InChI=1S/C21H21N7O3/c1-14-20(24-25-27(14)16-7-5-8-17(13-16)28(30)31)21(29)22-11-6-12-26-15(2)23-18-9-3-4-10-19(18)26/h3-5,7-10,13H,6,11-12H2,1-2H3,(H,22,29). The number of amides is 1. The van der Waals surface area contributed by atoms with Crippen molar-refractivity contribution < 1.29 is 9.72 Å². The van der Waals surface area contributed by atoms with Crippen LogP contribution in [0.5, 0.6) is 0 Å². The summed E-state index contributed by atoms with van der Waals surface area (Å²) in [7, 11) is 0. The van der Waals surface area contributed by atoms with Crippen molar-refractivity contribution in [2.45, 2.75) is 26.8 Å². The second-order valence-corrected chi connectivity index (χ2v) is 7.12. The van der Waals surface area contributed by atoms with Gasteiger partial charge in [0.25, 0.3) is 11.6 Å². The summed E-state index contributed by atoms with van der Waals surface area (Å²) in [5.74, 6) is 0.602. The van der Waals surface area contributed by atoms with Crippen molar-refractivity contribution in [1.29, 1.82) is 0 Å². The van der Waals surface area contributed by atoms with Crippen LogP contribution in [0.2, 0.25) is 0 Å². The number of nitrogens with one attached hydrogen (secondary N) is 1. The van der Waals surface area contributed by atoms with Crippen LogP contribution in [-0.4, -0.2) is 41.9 Å². The van der Waals surface area contributed by atoms with Crippen LogP contribution in [0.3, 0.4) is 0 Å². The molecular weight excluding hydrogens is 398 g/mol. The van der Waals surface area contributed by atoms with E-state index in [2.05, 4.69) is 25.2 Å². The first kappa shape index (κ1) is 20.2. The number of nitro benzene ring substituents is 1. The van der Waals surface area contributed by atoms with Crippen molar-refractivity contribution >= 4 is 22.6 Å². The lowest BCUT2D eigenvalue weighted by Crippen LogP contribution is -2.26. The van der Waals surface area contributed by atoms with E-state index < -0.39 is 4.92 Å². The van der Waals surface area contributed by atoms with E-state index in [1.165, 1.54) is 16.8 Å². The molecule has 158 valence electrons. The molecule has 0 fully saturated rings. The van der Waals surface area contributed by atoms with Gasteiger partial charge in [-0.25, -0.2) is 9.67 Å². The molecule has 0 radical (unpaired) electrons. The van der Waals surface area contributed by atoms with Crippen molar-refractivity contribution in [2.24, 2.45) is 0 Å². The molecule has 0 aliphatic heterocycles. The number of benzene rings is 2. The Labute approximate surface area is 177 Å². The van der Waals surface area contributed by atoms with E-state index in [0.29, 0.717) is 17.9 Å². The van der Waals surface area contributed by atoms with Crippen LogP contribution in [0.1, 0.15) is 28.4 Å². The molecule has 0 unspecified atom stereocenters. The van der Waals surface area contributed by atoms with E-state index in [9.17, 15) is 14.9 Å². The van der Waals surface area contributed by atoms with Gasteiger partial charge in [0, 0.05) is 25.2 Å². The monoisotopic (exact) mass is 419 g/mol. The van der Waals surface area contributed by atoms with Crippen LogP contribution in [0.4, 0.5) is 5.69 Å². The maximum atomic E-state index is 12.6. The highest BCUT2D eigenvalue weighted by Crippen LogP contribution is 2.18. The number of rotatable bonds is 7. The molecule has 10 nitrogen and oxygen atoms in total. The summed E-state index contributed by atoms with van der Waals surface area (Å²) in [6.45, 7) is 4.86. The molecule has 2 aromatic heterocycles. The first-order valence-electron chi connectivity index (χ1n) is 9.83. The predicted octanol–water partition coefficient (Wildman–Crippen LogP) is 2.96. The quantitative estimate of drug-likeness (QED) is 0.279. The van der Waals surface area contributed by atoms with Crippen LogP contribution < -0.4 is 5.32 Å². The van der Waals surface area contributed by atoms with Gasteiger partial charge in [-0.15, -0.1) is 5.10 Å². The molecule has 0 saturated heterocycles. The summed E-state index contributed by atoms with van der Waals surface area (Å²) in [6, 6.07) is 14.0. The number of hydrogen-bond acceptors (Lipinski definition) is 6. The molecule has 2 aromatic carbocycles. The molecule has 10 heteroatoms. The Morgan fingerprint density at radius 1 is 1.16 bits per heavy atom. The van der Waals surface area contributed by atoms with Gasteiger partial charge in [-0.1, -0.05) is 23.4 Å². The number of hydrogen-bond donors (Lipinski definition) is 1. The van der Waals surface area contributed by atoms with Crippen LogP contribution in [-0.2, 0) is 6.54 Å². The number of fused-ring (bicyclic) bond motifs is 1. The molecule has 0 atom stereocenters. The van der Waals surface area contributed by atoms with E-state index in [1.807, 2.05) is 31.2 Å². The number of nitro groups is 1. The van der Waals surface area contributed by atoms with Crippen molar-refractivity contribution in [3.8, 4) is 5.69 Å². The van der Waals surface area contributed by atoms with E-state index >= 15 is 0 Å². The number of aryl methyl sites for hydroxylation is 2. The smallest absolute Gasteiger partial charge is 0.273 e. The van der Waals surface area contributed by atoms with Gasteiger partial charge in [0.2, 0.25) is 0 Å². The van der Waals surface area contributed by atoms with E-state index in [4.69, 9.17) is 0 Å². The zero-order valence-electron chi connectivity index (χ0n) is 17.1. The fraction of sp³-hybridized carbons (Fsp3) is 0.238. The topological polar surface area (TPSA) is 121 Å². The molecule has 2 heterocycles. The Bertz CT molecular complexity index is 1280. The van der Waals surface area contributed by atoms with E-state index in [-0.39, 0.29) is 17.3 Å². The van der Waals surface area contributed by atoms with Crippen LogP contribution in [0, 0.1) is 24.0 Å². The third kappa shape index (κ3) is 4.00. The second-order valence-electron chi connectivity index (χ2n) is 7.12. The van der Waals surface area contributed by atoms with Gasteiger partial charge >= 0.3 is 0 Å². The summed E-state index contributed by atoms with van der Waals surface area (Å²) in [5, 5.41) is 21.8. The number of aromatic nitrogens is 5.